The molecule has 1 aliphatic heterocycles. The molecule has 3 rings (SSSR count). The zero-order valence-corrected chi connectivity index (χ0v) is 19.1. The highest BCUT2D eigenvalue weighted by Crippen LogP contribution is 2.22. The molecule has 1 aliphatic rings. The second kappa shape index (κ2) is 11.8. The highest BCUT2D eigenvalue weighted by atomic mass is 16.5. The van der Waals surface area contributed by atoms with Crippen molar-refractivity contribution in [2.24, 2.45) is 4.99 Å². The van der Waals surface area contributed by atoms with Gasteiger partial charge in [0.2, 0.25) is 5.91 Å². The number of amides is 1. The summed E-state index contributed by atoms with van der Waals surface area (Å²) in [5.74, 6) is 2.33. The zero-order valence-electron chi connectivity index (χ0n) is 19.1. The molecule has 0 atom stereocenters. The number of guanidine groups is 1. The van der Waals surface area contributed by atoms with Crippen LogP contribution in [0, 0.1) is 0 Å². The Morgan fingerprint density at radius 1 is 0.969 bits per heavy atom. The normalized spacial score (nSPS) is 14.2. The molecule has 0 spiro atoms. The molecular formula is C24H33N5O3. The smallest absolute Gasteiger partial charge is 0.242 e. The number of nitrogens with one attached hydrogen (secondary N) is 2. The van der Waals surface area contributed by atoms with Gasteiger partial charge in [0.1, 0.15) is 18.0 Å². The van der Waals surface area contributed by atoms with Gasteiger partial charge >= 0.3 is 0 Å². The zero-order chi connectivity index (χ0) is 22.8. The van der Waals surface area contributed by atoms with Crippen molar-refractivity contribution in [3.05, 3.63) is 54.1 Å². The number of anilines is 1. The van der Waals surface area contributed by atoms with Crippen LogP contribution in [0.4, 0.5) is 5.69 Å². The first kappa shape index (κ1) is 23.2. The van der Waals surface area contributed by atoms with E-state index >= 15 is 0 Å². The molecule has 8 nitrogen and oxygen atoms in total. The summed E-state index contributed by atoms with van der Waals surface area (Å²) in [6, 6.07) is 15.8. The van der Waals surface area contributed by atoms with Crippen molar-refractivity contribution in [1.29, 1.82) is 0 Å². The van der Waals surface area contributed by atoms with E-state index in [1.165, 1.54) is 0 Å². The van der Waals surface area contributed by atoms with Crippen LogP contribution in [0.25, 0.3) is 0 Å². The van der Waals surface area contributed by atoms with Crippen LogP contribution < -0.4 is 25.0 Å². The first-order valence-electron chi connectivity index (χ1n) is 10.9. The van der Waals surface area contributed by atoms with Crippen molar-refractivity contribution in [3.8, 4) is 11.5 Å². The number of hydrogen-bond donors (Lipinski definition) is 2. The molecule has 0 aromatic heterocycles. The van der Waals surface area contributed by atoms with Gasteiger partial charge in [-0.2, -0.15) is 0 Å². The summed E-state index contributed by atoms with van der Waals surface area (Å²) >= 11 is 0. The quantitative estimate of drug-likeness (QED) is 0.485. The van der Waals surface area contributed by atoms with Crippen molar-refractivity contribution in [3.63, 3.8) is 0 Å². The minimum Gasteiger partial charge on any atom is -0.497 e. The number of carbonyl (C=O) groups excluding carboxylic acids is 1. The van der Waals surface area contributed by atoms with Crippen LogP contribution in [-0.4, -0.2) is 70.3 Å². The number of benzene rings is 2. The molecule has 32 heavy (non-hydrogen) atoms. The number of aliphatic imine (C=N–C) groups is 1. The van der Waals surface area contributed by atoms with Crippen LogP contribution in [0.3, 0.4) is 0 Å². The number of nitrogens with zero attached hydrogens (tertiary/aromatic N) is 3. The fourth-order valence-corrected chi connectivity index (χ4v) is 3.56. The van der Waals surface area contributed by atoms with Gasteiger partial charge in [0.05, 0.1) is 14.2 Å². The third kappa shape index (κ3) is 6.54. The molecule has 172 valence electrons. The van der Waals surface area contributed by atoms with E-state index in [2.05, 4.69) is 37.6 Å². The molecule has 0 saturated carbocycles. The van der Waals surface area contributed by atoms with Crippen LogP contribution in [0.1, 0.15) is 12.5 Å². The van der Waals surface area contributed by atoms with E-state index in [9.17, 15) is 4.79 Å². The van der Waals surface area contributed by atoms with E-state index in [0.717, 1.165) is 61.4 Å². The Morgan fingerprint density at radius 3 is 2.34 bits per heavy atom. The van der Waals surface area contributed by atoms with Gasteiger partial charge in [0, 0.05) is 51.0 Å². The number of hydrogen-bond acceptors (Lipinski definition) is 5. The molecule has 0 aliphatic carbocycles. The van der Waals surface area contributed by atoms with Crippen molar-refractivity contribution < 1.29 is 14.3 Å². The minimum atomic E-state index is -0.105. The average molecular weight is 440 g/mol. The largest absolute Gasteiger partial charge is 0.497 e. The predicted molar refractivity (Wildman–Crippen MR) is 128 cm³/mol. The number of methoxy groups -OCH3 is 2. The van der Waals surface area contributed by atoms with Gasteiger partial charge in [-0.3, -0.25) is 4.79 Å². The lowest BCUT2D eigenvalue weighted by Gasteiger charge is -2.37. The lowest BCUT2D eigenvalue weighted by atomic mass is 10.2. The second-order valence-electron chi connectivity index (χ2n) is 7.47. The number of carbonyl (C=O) groups is 1. The van der Waals surface area contributed by atoms with Crippen LogP contribution in [0.2, 0.25) is 0 Å². The Bertz CT molecular complexity index is 893. The summed E-state index contributed by atoms with van der Waals surface area (Å²) < 4.78 is 10.5. The van der Waals surface area contributed by atoms with Gasteiger partial charge in [-0.25, -0.2) is 4.99 Å². The van der Waals surface area contributed by atoms with Crippen LogP contribution in [-0.2, 0) is 11.3 Å². The first-order chi connectivity index (χ1) is 15.6. The Labute approximate surface area is 190 Å². The van der Waals surface area contributed by atoms with Gasteiger partial charge < -0.3 is 29.9 Å². The lowest BCUT2D eigenvalue weighted by molar-refractivity contribution is -0.119. The molecule has 2 aromatic rings. The van der Waals surface area contributed by atoms with Gasteiger partial charge in [0.25, 0.3) is 0 Å². The number of ether oxygens (including phenoxy) is 2. The maximum atomic E-state index is 12.3. The molecule has 2 aromatic carbocycles. The molecule has 2 N–H and O–H groups in total. The van der Waals surface area contributed by atoms with Crippen molar-refractivity contribution >= 4 is 17.6 Å². The first-order valence-corrected chi connectivity index (χ1v) is 10.9. The average Bonchev–Trinajstić information content (AvgIpc) is 2.85. The Balaban J connectivity index is 1.51. The summed E-state index contributed by atoms with van der Waals surface area (Å²) in [7, 11) is 3.32. The summed E-state index contributed by atoms with van der Waals surface area (Å²) in [6.07, 6.45) is 0. The molecule has 0 bridgehead atoms. The molecular weight excluding hydrogens is 406 g/mol. The summed E-state index contributed by atoms with van der Waals surface area (Å²) in [6.45, 7) is 6.76. The standard InChI is InChI=1S/C24H33N5O3/c1-4-25-24(27-18-23(30)26-17-19-8-10-21(31-2)11-9-19)29-14-12-28(13-15-29)20-6-5-7-22(16-20)32-3/h5-11,16H,4,12-15,17-18H2,1-3H3,(H,25,27)(H,26,30). The van der Waals surface area contributed by atoms with E-state index in [4.69, 9.17) is 9.47 Å². The topological polar surface area (TPSA) is 78.4 Å². The monoisotopic (exact) mass is 439 g/mol. The van der Waals surface area contributed by atoms with Crippen molar-refractivity contribution in [1.82, 2.24) is 15.5 Å². The predicted octanol–water partition coefficient (Wildman–Crippen LogP) is 2.11. The third-order valence-electron chi connectivity index (χ3n) is 5.35. The molecule has 0 unspecified atom stereocenters. The second-order valence-corrected chi connectivity index (χ2v) is 7.47. The molecule has 1 heterocycles. The van der Waals surface area contributed by atoms with E-state index in [-0.39, 0.29) is 12.5 Å². The highest BCUT2D eigenvalue weighted by molar-refractivity contribution is 5.85. The SMILES string of the molecule is CCNC(=NCC(=O)NCc1ccc(OC)cc1)N1CCN(c2cccc(OC)c2)CC1. The minimum absolute atomic E-state index is 0.0919. The molecule has 1 fully saturated rings. The van der Waals surface area contributed by atoms with Crippen LogP contribution in [0.15, 0.2) is 53.5 Å². The van der Waals surface area contributed by atoms with Crippen LogP contribution in [0.5, 0.6) is 11.5 Å². The molecule has 1 saturated heterocycles. The molecule has 0 radical (unpaired) electrons. The maximum absolute atomic E-state index is 12.3. The molecule has 1 amide bonds. The fraction of sp³-hybridized carbons (Fsp3) is 0.417. The summed E-state index contributed by atoms with van der Waals surface area (Å²) in [5, 5.41) is 6.23. The van der Waals surface area contributed by atoms with Gasteiger partial charge in [-0.1, -0.05) is 18.2 Å². The van der Waals surface area contributed by atoms with Crippen molar-refractivity contribution in [2.75, 3.05) is 58.4 Å². The van der Waals surface area contributed by atoms with E-state index in [0.29, 0.717) is 6.54 Å². The fourth-order valence-electron chi connectivity index (χ4n) is 3.56. The summed E-state index contributed by atoms with van der Waals surface area (Å²) in [4.78, 5) is 21.4. The van der Waals surface area contributed by atoms with Gasteiger partial charge in [-0.05, 0) is 36.8 Å². The third-order valence-corrected chi connectivity index (χ3v) is 5.35. The van der Waals surface area contributed by atoms with Crippen LogP contribution >= 0.6 is 0 Å². The maximum Gasteiger partial charge on any atom is 0.242 e. The van der Waals surface area contributed by atoms with E-state index < -0.39 is 0 Å². The lowest BCUT2D eigenvalue weighted by Crippen LogP contribution is -2.52. The number of rotatable bonds is 8. The highest BCUT2D eigenvalue weighted by Gasteiger charge is 2.20. The van der Waals surface area contributed by atoms with Gasteiger partial charge in [-0.15, -0.1) is 0 Å². The van der Waals surface area contributed by atoms with E-state index in [1.54, 1.807) is 14.2 Å². The Hall–Kier alpha value is -3.42. The summed E-state index contributed by atoms with van der Waals surface area (Å²) in [5.41, 5.74) is 2.17. The van der Waals surface area contributed by atoms with Gasteiger partial charge in [0.15, 0.2) is 5.96 Å². The Kier molecular flexibility index (Phi) is 8.60. The Morgan fingerprint density at radius 2 is 1.69 bits per heavy atom. The number of piperazine rings is 1. The van der Waals surface area contributed by atoms with Crippen molar-refractivity contribution in [2.45, 2.75) is 13.5 Å². The van der Waals surface area contributed by atoms with E-state index in [1.807, 2.05) is 43.3 Å². The molecule has 8 heteroatoms.